The van der Waals surface area contributed by atoms with Gasteiger partial charge in [-0.1, -0.05) is 67.2 Å². The third-order valence-corrected chi connectivity index (χ3v) is 6.75. The van der Waals surface area contributed by atoms with Crippen LogP contribution in [-0.2, 0) is 17.6 Å². The van der Waals surface area contributed by atoms with E-state index in [1.807, 2.05) is 36.4 Å². The Labute approximate surface area is 178 Å². The van der Waals surface area contributed by atoms with E-state index < -0.39 is 0 Å². The summed E-state index contributed by atoms with van der Waals surface area (Å²) in [6.45, 7) is 2.13. The molecule has 2 aromatic heterocycles. The van der Waals surface area contributed by atoms with Gasteiger partial charge in [-0.25, -0.2) is 9.97 Å². The molecular weight excluding hydrogens is 398 g/mol. The Bertz CT molecular complexity index is 1130. The predicted octanol–water partition coefficient (Wildman–Crippen LogP) is 5.58. The molecule has 0 saturated carbocycles. The topological polar surface area (TPSA) is 54.9 Å². The van der Waals surface area contributed by atoms with Gasteiger partial charge >= 0.3 is 0 Å². The highest BCUT2D eigenvalue weighted by molar-refractivity contribution is 8.00. The molecule has 0 unspecified atom stereocenters. The van der Waals surface area contributed by atoms with Gasteiger partial charge in [-0.3, -0.25) is 4.79 Å². The van der Waals surface area contributed by atoms with Crippen LogP contribution in [0.15, 0.2) is 72.0 Å². The van der Waals surface area contributed by atoms with Crippen molar-refractivity contribution in [3.8, 4) is 0 Å². The highest BCUT2D eigenvalue weighted by Gasteiger charge is 2.12. The van der Waals surface area contributed by atoms with Crippen LogP contribution < -0.4 is 5.32 Å². The zero-order valence-corrected chi connectivity index (χ0v) is 17.7. The number of thiophene rings is 1. The number of fused-ring (bicyclic) bond motifs is 1. The number of aryl methyl sites for hydroxylation is 1. The molecule has 0 bridgehead atoms. The predicted molar refractivity (Wildman–Crippen MR) is 122 cm³/mol. The molecular formula is C23H21N3OS2. The van der Waals surface area contributed by atoms with Gasteiger partial charge in [0.1, 0.15) is 16.2 Å². The Morgan fingerprint density at radius 2 is 1.86 bits per heavy atom. The summed E-state index contributed by atoms with van der Waals surface area (Å²) in [6.07, 6.45) is 3.34. The smallest absolute Gasteiger partial charge is 0.234 e. The molecule has 0 saturated heterocycles. The van der Waals surface area contributed by atoms with Crippen molar-refractivity contribution in [3.05, 3.63) is 83.0 Å². The van der Waals surface area contributed by atoms with Gasteiger partial charge in [-0.05, 0) is 36.1 Å². The number of hydrogen-bond donors (Lipinski definition) is 1. The SMILES string of the molecule is CCc1cc2c(SCC(=O)Nc3ccccc3Cc3ccccc3)ncnc2s1. The second-order valence-electron chi connectivity index (χ2n) is 6.62. The van der Waals surface area contributed by atoms with E-state index in [1.54, 1.807) is 17.7 Å². The van der Waals surface area contributed by atoms with Crippen LogP contribution >= 0.6 is 23.1 Å². The number of aromatic nitrogens is 2. The summed E-state index contributed by atoms with van der Waals surface area (Å²) in [6, 6.07) is 20.4. The molecule has 2 aromatic carbocycles. The van der Waals surface area contributed by atoms with Crippen LogP contribution in [0.1, 0.15) is 22.9 Å². The number of para-hydroxylation sites is 1. The van der Waals surface area contributed by atoms with Crippen molar-refractivity contribution in [2.75, 3.05) is 11.1 Å². The molecule has 0 radical (unpaired) electrons. The number of anilines is 1. The van der Waals surface area contributed by atoms with Crippen molar-refractivity contribution in [1.82, 2.24) is 9.97 Å². The van der Waals surface area contributed by atoms with E-state index in [0.717, 1.165) is 39.3 Å². The van der Waals surface area contributed by atoms with Crippen LogP contribution in [-0.4, -0.2) is 21.6 Å². The number of amides is 1. The van der Waals surface area contributed by atoms with E-state index in [0.29, 0.717) is 5.75 Å². The van der Waals surface area contributed by atoms with E-state index in [1.165, 1.54) is 22.2 Å². The lowest BCUT2D eigenvalue weighted by Gasteiger charge is -2.11. The number of benzene rings is 2. The first-order valence-corrected chi connectivity index (χ1v) is 11.3. The molecule has 1 amide bonds. The van der Waals surface area contributed by atoms with Gasteiger partial charge in [0.05, 0.1) is 5.75 Å². The molecule has 0 aliphatic carbocycles. The average Bonchev–Trinajstić information content (AvgIpc) is 3.18. The van der Waals surface area contributed by atoms with Crippen molar-refractivity contribution in [2.45, 2.75) is 24.8 Å². The first kappa shape index (κ1) is 19.6. The summed E-state index contributed by atoms with van der Waals surface area (Å²) in [5.41, 5.74) is 3.18. The van der Waals surface area contributed by atoms with Crippen LogP contribution in [0.25, 0.3) is 10.2 Å². The zero-order valence-electron chi connectivity index (χ0n) is 16.1. The molecule has 1 N–H and O–H groups in total. The Hall–Kier alpha value is -2.70. The van der Waals surface area contributed by atoms with Gasteiger partial charge in [-0.15, -0.1) is 11.3 Å². The molecule has 0 aliphatic rings. The second kappa shape index (κ2) is 9.20. The summed E-state index contributed by atoms with van der Waals surface area (Å²) >= 11 is 3.14. The second-order valence-corrected chi connectivity index (χ2v) is 8.70. The Balaban J connectivity index is 1.44. The normalized spacial score (nSPS) is 10.9. The number of nitrogens with one attached hydrogen (secondary N) is 1. The Morgan fingerprint density at radius 3 is 2.69 bits per heavy atom. The van der Waals surface area contributed by atoms with Gasteiger partial charge < -0.3 is 5.32 Å². The van der Waals surface area contributed by atoms with Crippen molar-refractivity contribution >= 4 is 44.9 Å². The summed E-state index contributed by atoms with van der Waals surface area (Å²) in [5, 5.41) is 4.96. The molecule has 0 atom stereocenters. The lowest BCUT2D eigenvalue weighted by atomic mass is 10.0. The average molecular weight is 420 g/mol. The molecule has 0 fully saturated rings. The molecule has 0 spiro atoms. The first-order chi connectivity index (χ1) is 14.2. The van der Waals surface area contributed by atoms with Gasteiger partial charge in [0.2, 0.25) is 5.91 Å². The van der Waals surface area contributed by atoms with Crippen molar-refractivity contribution in [1.29, 1.82) is 0 Å². The lowest BCUT2D eigenvalue weighted by molar-refractivity contribution is -0.113. The van der Waals surface area contributed by atoms with Crippen molar-refractivity contribution < 1.29 is 4.79 Å². The van der Waals surface area contributed by atoms with E-state index in [-0.39, 0.29) is 5.91 Å². The van der Waals surface area contributed by atoms with Gasteiger partial charge in [0.15, 0.2) is 0 Å². The lowest BCUT2D eigenvalue weighted by Crippen LogP contribution is -2.15. The minimum absolute atomic E-state index is 0.0341. The highest BCUT2D eigenvalue weighted by atomic mass is 32.2. The maximum atomic E-state index is 12.6. The highest BCUT2D eigenvalue weighted by Crippen LogP contribution is 2.31. The van der Waals surface area contributed by atoms with E-state index in [2.05, 4.69) is 46.5 Å². The maximum Gasteiger partial charge on any atom is 0.234 e. The molecule has 29 heavy (non-hydrogen) atoms. The van der Waals surface area contributed by atoms with E-state index in [4.69, 9.17) is 0 Å². The molecule has 0 aliphatic heterocycles. The zero-order chi connectivity index (χ0) is 20.1. The van der Waals surface area contributed by atoms with E-state index >= 15 is 0 Å². The molecule has 4 nitrogen and oxygen atoms in total. The van der Waals surface area contributed by atoms with Crippen molar-refractivity contribution in [3.63, 3.8) is 0 Å². The van der Waals surface area contributed by atoms with Gasteiger partial charge in [0.25, 0.3) is 0 Å². The monoisotopic (exact) mass is 419 g/mol. The van der Waals surface area contributed by atoms with Crippen molar-refractivity contribution in [2.24, 2.45) is 0 Å². The van der Waals surface area contributed by atoms with Crippen LogP contribution in [0.5, 0.6) is 0 Å². The summed E-state index contributed by atoms with van der Waals surface area (Å²) in [5.74, 6) is 0.275. The van der Waals surface area contributed by atoms with Crippen LogP contribution in [0.4, 0.5) is 5.69 Å². The quantitative estimate of drug-likeness (QED) is 0.314. The number of thioether (sulfide) groups is 1. The number of carbonyl (C=O) groups is 1. The van der Waals surface area contributed by atoms with Crippen LogP contribution in [0.3, 0.4) is 0 Å². The first-order valence-electron chi connectivity index (χ1n) is 9.51. The fourth-order valence-electron chi connectivity index (χ4n) is 3.11. The molecule has 6 heteroatoms. The number of rotatable bonds is 7. The fourth-order valence-corrected chi connectivity index (χ4v) is 4.88. The summed E-state index contributed by atoms with van der Waals surface area (Å²) in [4.78, 5) is 23.6. The molecule has 146 valence electrons. The number of carbonyl (C=O) groups excluding carboxylic acids is 1. The largest absolute Gasteiger partial charge is 0.325 e. The maximum absolute atomic E-state index is 12.6. The number of nitrogens with zero attached hydrogens (tertiary/aromatic N) is 2. The number of hydrogen-bond acceptors (Lipinski definition) is 5. The molecule has 2 heterocycles. The fraction of sp³-hybridized carbons (Fsp3) is 0.174. The van der Waals surface area contributed by atoms with Crippen LogP contribution in [0, 0.1) is 0 Å². The molecule has 4 rings (SSSR count). The third kappa shape index (κ3) is 4.83. The minimum atomic E-state index is -0.0341. The standard InChI is InChI=1S/C23H21N3OS2/c1-2-18-13-19-22(24-15-25-23(19)29-18)28-14-21(27)26-20-11-7-6-10-17(20)12-16-8-4-3-5-9-16/h3-11,13,15H,2,12,14H2,1H3,(H,26,27). The Morgan fingerprint density at radius 1 is 1.07 bits per heavy atom. The molecule has 4 aromatic rings. The Kier molecular flexibility index (Phi) is 6.22. The summed E-state index contributed by atoms with van der Waals surface area (Å²) < 4.78 is 0. The van der Waals surface area contributed by atoms with Gasteiger partial charge in [-0.2, -0.15) is 0 Å². The third-order valence-electron chi connectivity index (χ3n) is 4.56. The van der Waals surface area contributed by atoms with Crippen LogP contribution in [0.2, 0.25) is 0 Å². The van der Waals surface area contributed by atoms with E-state index in [9.17, 15) is 4.79 Å². The van der Waals surface area contributed by atoms with Gasteiger partial charge in [0, 0.05) is 16.0 Å². The minimum Gasteiger partial charge on any atom is -0.325 e. The summed E-state index contributed by atoms with van der Waals surface area (Å²) in [7, 11) is 0.